The number of hydrogen-bond donors (Lipinski definition) is 0. The average Bonchev–Trinajstić information content (AvgIpc) is 3.06. The molecule has 21 heavy (non-hydrogen) atoms. The van der Waals surface area contributed by atoms with Crippen LogP contribution < -0.4 is 0 Å². The molecule has 0 radical (unpaired) electrons. The molecule has 3 rings (SSSR count). The summed E-state index contributed by atoms with van der Waals surface area (Å²) < 4.78 is 7.44. The summed E-state index contributed by atoms with van der Waals surface area (Å²) in [5, 5.41) is 0. The minimum Gasteiger partial charge on any atom is -0.461 e. The Morgan fingerprint density at radius 3 is 2.71 bits per heavy atom. The lowest BCUT2D eigenvalue weighted by Gasteiger charge is -2.36. The molecule has 0 aromatic carbocycles. The molecule has 1 aromatic heterocycles. The quantitative estimate of drug-likeness (QED) is 0.766. The summed E-state index contributed by atoms with van der Waals surface area (Å²) in [5.74, 6) is 1.08. The summed E-state index contributed by atoms with van der Waals surface area (Å²) in [6.45, 7) is 9.78. The number of nitrogens with zero attached hydrogens (tertiary/aromatic N) is 4. The Bertz CT molecular complexity index is 494. The standard InChI is InChI=1S/C15H24N4O2/c1-3-18-5-4-16-14(18)11-17-6-8-19(9-7-17)13-10-12(2)21-15(13)20/h4-5,12-13H,3,6-11H2,1-2H3/t12-,13-/m0/s1. The van der Waals surface area contributed by atoms with Crippen LogP contribution in [0, 0.1) is 0 Å². The third kappa shape index (κ3) is 3.11. The lowest BCUT2D eigenvalue weighted by molar-refractivity contribution is -0.145. The summed E-state index contributed by atoms with van der Waals surface area (Å²) in [7, 11) is 0. The van der Waals surface area contributed by atoms with E-state index in [0.717, 1.165) is 51.5 Å². The maximum Gasteiger partial charge on any atom is 0.323 e. The van der Waals surface area contributed by atoms with Crippen LogP contribution in [0.15, 0.2) is 12.4 Å². The van der Waals surface area contributed by atoms with Crippen molar-refractivity contribution in [2.24, 2.45) is 0 Å². The molecular formula is C15H24N4O2. The average molecular weight is 292 g/mol. The first kappa shape index (κ1) is 14.5. The fourth-order valence-corrected chi connectivity index (χ4v) is 3.25. The predicted octanol–water partition coefficient (Wildman–Crippen LogP) is 0.725. The van der Waals surface area contributed by atoms with Gasteiger partial charge in [-0.2, -0.15) is 0 Å². The molecule has 2 aliphatic rings. The van der Waals surface area contributed by atoms with Crippen molar-refractivity contribution in [3.05, 3.63) is 18.2 Å². The zero-order chi connectivity index (χ0) is 14.8. The van der Waals surface area contributed by atoms with E-state index in [1.165, 1.54) is 0 Å². The van der Waals surface area contributed by atoms with Crippen molar-refractivity contribution in [3.63, 3.8) is 0 Å². The van der Waals surface area contributed by atoms with Crippen LogP contribution in [0.25, 0.3) is 0 Å². The summed E-state index contributed by atoms with van der Waals surface area (Å²) in [4.78, 5) is 20.9. The highest BCUT2D eigenvalue weighted by Crippen LogP contribution is 2.21. The largest absolute Gasteiger partial charge is 0.461 e. The highest BCUT2D eigenvalue weighted by Gasteiger charge is 2.37. The predicted molar refractivity (Wildman–Crippen MR) is 78.7 cm³/mol. The van der Waals surface area contributed by atoms with Gasteiger partial charge in [-0.15, -0.1) is 0 Å². The maximum absolute atomic E-state index is 11.8. The van der Waals surface area contributed by atoms with Gasteiger partial charge in [0, 0.05) is 51.5 Å². The zero-order valence-electron chi connectivity index (χ0n) is 12.9. The number of esters is 1. The third-order valence-electron chi connectivity index (χ3n) is 4.50. The van der Waals surface area contributed by atoms with E-state index in [1.807, 2.05) is 19.3 Å². The molecule has 6 heteroatoms. The SMILES string of the molecule is CCn1ccnc1CN1CCN([C@H]2C[C@H](C)OC2=O)CC1. The number of cyclic esters (lactones) is 1. The molecule has 6 nitrogen and oxygen atoms in total. The van der Waals surface area contributed by atoms with E-state index in [-0.39, 0.29) is 18.1 Å². The van der Waals surface area contributed by atoms with Crippen molar-refractivity contribution in [3.8, 4) is 0 Å². The lowest BCUT2D eigenvalue weighted by atomic mass is 10.1. The van der Waals surface area contributed by atoms with Crippen molar-refractivity contribution < 1.29 is 9.53 Å². The molecule has 2 atom stereocenters. The van der Waals surface area contributed by atoms with E-state index in [9.17, 15) is 4.79 Å². The van der Waals surface area contributed by atoms with Crippen LogP contribution in [0.4, 0.5) is 0 Å². The summed E-state index contributed by atoms with van der Waals surface area (Å²) in [6, 6.07) is -0.0280. The third-order valence-corrected chi connectivity index (χ3v) is 4.50. The van der Waals surface area contributed by atoms with Gasteiger partial charge in [0.2, 0.25) is 0 Å². The number of ether oxygens (including phenoxy) is 1. The molecule has 3 heterocycles. The first-order chi connectivity index (χ1) is 10.2. The monoisotopic (exact) mass is 292 g/mol. The minimum absolute atomic E-state index is 0.0280. The molecule has 0 N–H and O–H groups in total. The van der Waals surface area contributed by atoms with Crippen LogP contribution in [0.2, 0.25) is 0 Å². The van der Waals surface area contributed by atoms with E-state index >= 15 is 0 Å². The molecule has 0 spiro atoms. The number of imidazole rings is 1. The Labute approximate surface area is 125 Å². The normalized spacial score (nSPS) is 28.0. The van der Waals surface area contributed by atoms with Gasteiger partial charge in [-0.05, 0) is 13.8 Å². The van der Waals surface area contributed by atoms with Crippen LogP contribution in [0.1, 0.15) is 26.1 Å². The number of carbonyl (C=O) groups is 1. The summed E-state index contributed by atoms with van der Waals surface area (Å²) >= 11 is 0. The minimum atomic E-state index is -0.0440. The molecule has 1 aromatic rings. The topological polar surface area (TPSA) is 50.6 Å². The second-order valence-corrected chi connectivity index (χ2v) is 5.94. The maximum atomic E-state index is 11.8. The Morgan fingerprint density at radius 1 is 1.33 bits per heavy atom. The van der Waals surface area contributed by atoms with Gasteiger partial charge in [0.25, 0.3) is 0 Å². The van der Waals surface area contributed by atoms with Gasteiger partial charge in [0.15, 0.2) is 0 Å². The Morgan fingerprint density at radius 2 is 2.10 bits per heavy atom. The fraction of sp³-hybridized carbons (Fsp3) is 0.733. The van der Waals surface area contributed by atoms with E-state index in [0.29, 0.717) is 0 Å². The highest BCUT2D eigenvalue weighted by molar-refractivity contribution is 5.78. The number of aryl methyl sites for hydroxylation is 1. The molecule has 0 amide bonds. The van der Waals surface area contributed by atoms with Gasteiger partial charge in [-0.25, -0.2) is 4.98 Å². The Hall–Kier alpha value is -1.40. The Balaban J connectivity index is 1.52. The molecule has 2 aliphatic heterocycles. The van der Waals surface area contributed by atoms with Gasteiger partial charge < -0.3 is 9.30 Å². The van der Waals surface area contributed by atoms with Crippen molar-refractivity contribution in [1.82, 2.24) is 19.4 Å². The molecule has 0 aliphatic carbocycles. The van der Waals surface area contributed by atoms with Crippen molar-refractivity contribution in [2.75, 3.05) is 26.2 Å². The van der Waals surface area contributed by atoms with Crippen molar-refractivity contribution in [2.45, 2.75) is 45.5 Å². The van der Waals surface area contributed by atoms with E-state index in [2.05, 4.69) is 26.3 Å². The second-order valence-electron chi connectivity index (χ2n) is 5.94. The van der Waals surface area contributed by atoms with Crippen molar-refractivity contribution in [1.29, 1.82) is 0 Å². The fourth-order valence-electron chi connectivity index (χ4n) is 3.25. The van der Waals surface area contributed by atoms with Crippen LogP contribution >= 0.6 is 0 Å². The van der Waals surface area contributed by atoms with Crippen LogP contribution in [0.5, 0.6) is 0 Å². The number of carbonyl (C=O) groups excluding carboxylic acids is 1. The lowest BCUT2D eigenvalue weighted by Crippen LogP contribution is -2.51. The van der Waals surface area contributed by atoms with E-state index in [1.54, 1.807) is 0 Å². The molecule has 116 valence electrons. The van der Waals surface area contributed by atoms with Crippen molar-refractivity contribution >= 4 is 5.97 Å². The molecular weight excluding hydrogens is 268 g/mol. The van der Waals surface area contributed by atoms with Crippen LogP contribution in [0.3, 0.4) is 0 Å². The number of rotatable bonds is 4. The van der Waals surface area contributed by atoms with Gasteiger partial charge >= 0.3 is 5.97 Å². The highest BCUT2D eigenvalue weighted by atomic mass is 16.6. The number of hydrogen-bond acceptors (Lipinski definition) is 5. The molecule has 0 bridgehead atoms. The van der Waals surface area contributed by atoms with Crippen LogP contribution in [-0.2, 0) is 22.6 Å². The van der Waals surface area contributed by atoms with Gasteiger partial charge in [-0.3, -0.25) is 14.6 Å². The smallest absolute Gasteiger partial charge is 0.323 e. The first-order valence-electron chi connectivity index (χ1n) is 7.84. The molecule has 2 saturated heterocycles. The zero-order valence-corrected chi connectivity index (χ0v) is 12.9. The first-order valence-corrected chi connectivity index (χ1v) is 7.84. The Kier molecular flexibility index (Phi) is 4.26. The van der Waals surface area contributed by atoms with Crippen LogP contribution in [-0.4, -0.2) is 63.6 Å². The summed E-state index contributed by atoms with van der Waals surface area (Å²) in [5.41, 5.74) is 0. The molecule has 0 unspecified atom stereocenters. The van der Waals surface area contributed by atoms with E-state index in [4.69, 9.17) is 4.74 Å². The van der Waals surface area contributed by atoms with Gasteiger partial charge in [-0.1, -0.05) is 0 Å². The molecule has 2 fully saturated rings. The second kappa shape index (κ2) is 6.15. The molecule has 0 saturated carbocycles. The van der Waals surface area contributed by atoms with Gasteiger partial charge in [0.1, 0.15) is 18.0 Å². The van der Waals surface area contributed by atoms with Gasteiger partial charge in [0.05, 0.1) is 6.54 Å². The van der Waals surface area contributed by atoms with E-state index < -0.39 is 0 Å². The summed E-state index contributed by atoms with van der Waals surface area (Å²) in [6.07, 6.45) is 4.79. The number of piperazine rings is 1. The number of aromatic nitrogens is 2.